The molecule has 0 saturated carbocycles. The van der Waals surface area contributed by atoms with Crippen molar-refractivity contribution in [1.82, 2.24) is 0 Å². The first-order chi connectivity index (χ1) is 11.6. The molecule has 2 amide bonds. The minimum absolute atomic E-state index is 0.0659. The van der Waals surface area contributed by atoms with Crippen LogP contribution in [0.5, 0.6) is 0 Å². The van der Waals surface area contributed by atoms with E-state index in [0.717, 1.165) is 0 Å². The van der Waals surface area contributed by atoms with Crippen molar-refractivity contribution in [1.29, 1.82) is 0 Å². The molecule has 0 saturated heterocycles. The van der Waals surface area contributed by atoms with E-state index < -0.39 is 5.97 Å². The lowest BCUT2D eigenvalue weighted by atomic mass is 10.1. The number of rotatable bonds is 7. The van der Waals surface area contributed by atoms with Gasteiger partial charge < -0.3 is 15.7 Å². The summed E-state index contributed by atoms with van der Waals surface area (Å²) in [6.07, 6.45) is 0.268. The standard InChI is InChI=1S/C18H18N2O4/c21-16(11-6-12-17(22)23)20-15-10-5-4-9-14(15)18(24)19-13-7-2-1-3-8-13/h1-5,7-10H,6,11-12H2,(H,19,24)(H,20,21)(H,22,23). The number of benzene rings is 2. The van der Waals surface area contributed by atoms with E-state index in [1.165, 1.54) is 0 Å². The van der Waals surface area contributed by atoms with Crippen molar-refractivity contribution < 1.29 is 19.5 Å². The second-order valence-corrected chi connectivity index (χ2v) is 5.16. The Bertz CT molecular complexity index is 729. The van der Waals surface area contributed by atoms with E-state index in [2.05, 4.69) is 10.6 Å². The number of hydrogen-bond donors (Lipinski definition) is 3. The highest BCUT2D eigenvalue weighted by Crippen LogP contribution is 2.18. The molecule has 0 unspecified atom stereocenters. The van der Waals surface area contributed by atoms with E-state index in [4.69, 9.17) is 5.11 Å². The molecule has 24 heavy (non-hydrogen) atoms. The van der Waals surface area contributed by atoms with Gasteiger partial charge in [-0.3, -0.25) is 14.4 Å². The molecule has 0 spiro atoms. The van der Waals surface area contributed by atoms with Gasteiger partial charge in [-0.1, -0.05) is 30.3 Å². The van der Waals surface area contributed by atoms with Gasteiger partial charge in [0.2, 0.25) is 5.91 Å². The van der Waals surface area contributed by atoms with E-state index in [-0.39, 0.29) is 31.1 Å². The number of amides is 2. The van der Waals surface area contributed by atoms with E-state index in [1.54, 1.807) is 36.4 Å². The largest absolute Gasteiger partial charge is 0.481 e. The summed E-state index contributed by atoms with van der Waals surface area (Å²) in [5, 5.41) is 14.0. The normalized spacial score (nSPS) is 10.0. The van der Waals surface area contributed by atoms with E-state index in [0.29, 0.717) is 16.9 Å². The summed E-state index contributed by atoms with van der Waals surface area (Å²) in [4.78, 5) is 34.7. The zero-order chi connectivity index (χ0) is 17.4. The first kappa shape index (κ1) is 17.2. The molecule has 2 aromatic rings. The molecule has 0 aliphatic rings. The van der Waals surface area contributed by atoms with Crippen LogP contribution in [0.3, 0.4) is 0 Å². The Hall–Kier alpha value is -3.15. The molecule has 124 valence electrons. The zero-order valence-corrected chi connectivity index (χ0v) is 13.0. The molecule has 0 aliphatic carbocycles. The number of carboxylic acid groups (broad SMARTS) is 1. The average molecular weight is 326 g/mol. The van der Waals surface area contributed by atoms with Gasteiger partial charge in [-0.05, 0) is 30.7 Å². The van der Waals surface area contributed by atoms with Gasteiger partial charge in [-0.15, -0.1) is 0 Å². The maximum absolute atomic E-state index is 12.4. The van der Waals surface area contributed by atoms with Gasteiger partial charge in [-0.25, -0.2) is 0 Å². The van der Waals surface area contributed by atoms with Crippen LogP contribution in [0.2, 0.25) is 0 Å². The van der Waals surface area contributed by atoms with Gasteiger partial charge in [0.1, 0.15) is 0 Å². The fourth-order valence-electron chi connectivity index (χ4n) is 2.12. The zero-order valence-electron chi connectivity index (χ0n) is 13.0. The Morgan fingerprint density at radius 1 is 0.833 bits per heavy atom. The Morgan fingerprint density at radius 3 is 2.21 bits per heavy atom. The Labute approximate surface area is 139 Å². The van der Waals surface area contributed by atoms with Crippen molar-refractivity contribution in [2.75, 3.05) is 10.6 Å². The van der Waals surface area contributed by atoms with E-state index in [1.807, 2.05) is 18.2 Å². The molecule has 6 heteroatoms. The monoisotopic (exact) mass is 326 g/mol. The Balaban J connectivity index is 2.02. The third-order valence-electron chi connectivity index (χ3n) is 3.27. The van der Waals surface area contributed by atoms with Gasteiger partial charge in [-0.2, -0.15) is 0 Å². The van der Waals surface area contributed by atoms with Crippen LogP contribution < -0.4 is 10.6 Å². The maximum Gasteiger partial charge on any atom is 0.303 e. The Morgan fingerprint density at radius 2 is 1.50 bits per heavy atom. The van der Waals surface area contributed by atoms with Gasteiger partial charge in [0, 0.05) is 18.5 Å². The van der Waals surface area contributed by atoms with Crippen LogP contribution in [0.25, 0.3) is 0 Å². The van der Waals surface area contributed by atoms with Gasteiger partial charge >= 0.3 is 5.97 Å². The van der Waals surface area contributed by atoms with Gasteiger partial charge in [0.05, 0.1) is 11.3 Å². The number of anilines is 2. The van der Waals surface area contributed by atoms with E-state index >= 15 is 0 Å². The third kappa shape index (κ3) is 5.24. The smallest absolute Gasteiger partial charge is 0.303 e. The molecule has 3 N–H and O–H groups in total. The topological polar surface area (TPSA) is 95.5 Å². The third-order valence-corrected chi connectivity index (χ3v) is 3.27. The molecule has 0 aliphatic heterocycles. The van der Waals surface area contributed by atoms with Crippen LogP contribution in [0.15, 0.2) is 54.6 Å². The molecular formula is C18H18N2O4. The summed E-state index contributed by atoms with van der Waals surface area (Å²) in [5.41, 5.74) is 1.39. The Kier molecular flexibility index (Phi) is 6.08. The summed E-state index contributed by atoms with van der Waals surface area (Å²) >= 11 is 0. The van der Waals surface area contributed by atoms with E-state index in [9.17, 15) is 14.4 Å². The lowest BCUT2D eigenvalue weighted by molar-refractivity contribution is -0.137. The molecule has 0 fully saturated rings. The molecule has 0 heterocycles. The second-order valence-electron chi connectivity index (χ2n) is 5.16. The van der Waals surface area contributed by atoms with Crippen molar-refractivity contribution in [3.8, 4) is 0 Å². The summed E-state index contributed by atoms with van der Waals surface area (Å²) in [6, 6.07) is 15.7. The molecular weight excluding hydrogens is 308 g/mol. The molecule has 0 atom stereocenters. The SMILES string of the molecule is O=C(O)CCCC(=O)Nc1ccccc1C(=O)Nc1ccccc1. The summed E-state index contributed by atoms with van der Waals surface area (Å²) in [5.74, 6) is -1.59. The number of carbonyl (C=O) groups excluding carboxylic acids is 2. The fourth-order valence-corrected chi connectivity index (χ4v) is 2.12. The highest BCUT2D eigenvalue weighted by atomic mass is 16.4. The van der Waals surface area contributed by atoms with Crippen molar-refractivity contribution >= 4 is 29.2 Å². The van der Waals surface area contributed by atoms with Gasteiger partial charge in [0.15, 0.2) is 0 Å². The van der Waals surface area contributed by atoms with Crippen molar-refractivity contribution in [2.24, 2.45) is 0 Å². The van der Waals surface area contributed by atoms with Crippen LogP contribution in [0, 0.1) is 0 Å². The minimum atomic E-state index is -0.939. The van der Waals surface area contributed by atoms with Crippen LogP contribution >= 0.6 is 0 Å². The second kappa shape index (κ2) is 8.47. The summed E-state index contributed by atoms with van der Waals surface area (Å²) in [7, 11) is 0. The number of nitrogens with one attached hydrogen (secondary N) is 2. The lowest BCUT2D eigenvalue weighted by Crippen LogP contribution is -2.18. The summed E-state index contributed by atoms with van der Waals surface area (Å²) in [6.45, 7) is 0. The minimum Gasteiger partial charge on any atom is -0.481 e. The molecule has 2 rings (SSSR count). The van der Waals surface area contributed by atoms with Crippen molar-refractivity contribution in [3.63, 3.8) is 0 Å². The van der Waals surface area contributed by atoms with Gasteiger partial charge in [0.25, 0.3) is 5.91 Å². The highest BCUT2D eigenvalue weighted by molar-refractivity contribution is 6.10. The average Bonchev–Trinajstić information content (AvgIpc) is 2.56. The predicted octanol–water partition coefficient (Wildman–Crippen LogP) is 3.13. The predicted molar refractivity (Wildman–Crippen MR) is 91.0 cm³/mol. The number of carboxylic acids is 1. The molecule has 0 radical (unpaired) electrons. The lowest BCUT2D eigenvalue weighted by Gasteiger charge is -2.11. The van der Waals surface area contributed by atoms with Crippen LogP contribution in [-0.2, 0) is 9.59 Å². The van der Waals surface area contributed by atoms with Crippen LogP contribution in [0.1, 0.15) is 29.6 Å². The highest BCUT2D eigenvalue weighted by Gasteiger charge is 2.13. The molecule has 6 nitrogen and oxygen atoms in total. The molecule has 0 bridgehead atoms. The summed E-state index contributed by atoms with van der Waals surface area (Å²) < 4.78 is 0. The number of aliphatic carboxylic acids is 1. The fraction of sp³-hybridized carbons (Fsp3) is 0.167. The number of hydrogen-bond acceptors (Lipinski definition) is 3. The van der Waals surface area contributed by atoms with Crippen LogP contribution in [0.4, 0.5) is 11.4 Å². The number of carbonyl (C=O) groups is 3. The number of para-hydroxylation sites is 2. The van der Waals surface area contributed by atoms with Crippen LogP contribution in [-0.4, -0.2) is 22.9 Å². The molecule has 0 aromatic heterocycles. The first-order valence-electron chi connectivity index (χ1n) is 7.53. The van der Waals surface area contributed by atoms with Crippen molar-refractivity contribution in [2.45, 2.75) is 19.3 Å². The maximum atomic E-state index is 12.4. The molecule has 2 aromatic carbocycles. The van der Waals surface area contributed by atoms with Crippen molar-refractivity contribution in [3.05, 3.63) is 60.2 Å². The quantitative estimate of drug-likeness (QED) is 0.728. The first-order valence-corrected chi connectivity index (χ1v) is 7.53.